The van der Waals surface area contributed by atoms with E-state index in [-0.39, 0.29) is 29.8 Å². The number of halogens is 2. The first kappa shape index (κ1) is 24.6. The van der Waals surface area contributed by atoms with Gasteiger partial charge in [-0.05, 0) is 58.2 Å². The maximum absolute atomic E-state index is 14.6. The zero-order chi connectivity index (χ0) is 20.8. The van der Waals surface area contributed by atoms with Crippen LogP contribution in [0.4, 0.5) is 4.39 Å². The number of aliphatic imine (C=N–C) groups is 1. The molecule has 0 aliphatic carbocycles. The highest BCUT2D eigenvalue weighted by Gasteiger charge is 2.21. The van der Waals surface area contributed by atoms with E-state index in [1.165, 1.54) is 0 Å². The van der Waals surface area contributed by atoms with Crippen molar-refractivity contribution in [2.45, 2.75) is 59.2 Å². The van der Waals surface area contributed by atoms with Crippen LogP contribution in [0.1, 0.15) is 45.0 Å². The molecule has 0 amide bonds. The standard InChI is InChI=1S/C22H33FN6.HI/c1-5-24-22(27-19-8-11-28(12-9-19)16(2)3)26-15-18-6-7-21(20(23)14-18)29-13-10-25-17(29)4;/h6-7,10,13-14,16,19H,5,8-9,11-12,15H2,1-4H3,(H2,24,26,27);1H. The first-order valence-corrected chi connectivity index (χ1v) is 10.6. The maximum atomic E-state index is 14.6. The molecule has 0 atom stereocenters. The number of hydrogen-bond acceptors (Lipinski definition) is 3. The summed E-state index contributed by atoms with van der Waals surface area (Å²) >= 11 is 0. The van der Waals surface area contributed by atoms with E-state index in [2.05, 4.69) is 46.3 Å². The van der Waals surface area contributed by atoms with Gasteiger partial charge in [-0.1, -0.05) is 6.07 Å². The van der Waals surface area contributed by atoms with Crippen molar-refractivity contribution in [3.05, 3.63) is 47.8 Å². The minimum absolute atomic E-state index is 0. The fraction of sp³-hybridized carbons (Fsp3) is 0.545. The highest BCUT2D eigenvalue weighted by atomic mass is 127. The number of rotatable bonds is 6. The molecule has 166 valence electrons. The van der Waals surface area contributed by atoms with Crippen molar-refractivity contribution in [1.82, 2.24) is 25.1 Å². The smallest absolute Gasteiger partial charge is 0.191 e. The Labute approximate surface area is 196 Å². The summed E-state index contributed by atoms with van der Waals surface area (Å²) in [5.74, 6) is 1.29. The van der Waals surface area contributed by atoms with Crippen molar-refractivity contribution in [2.24, 2.45) is 4.99 Å². The molecule has 0 unspecified atom stereocenters. The molecule has 1 fully saturated rings. The number of piperidine rings is 1. The number of nitrogens with one attached hydrogen (secondary N) is 2. The Hall–Kier alpha value is -1.68. The molecule has 2 N–H and O–H groups in total. The molecule has 1 aliphatic heterocycles. The lowest BCUT2D eigenvalue weighted by Crippen LogP contribution is -2.49. The topological polar surface area (TPSA) is 57.5 Å². The zero-order valence-electron chi connectivity index (χ0n) is 18.4. The quantitative estimate of drug-likeness (QED) is 0.340. The summed E-state index contributed by atoms with van der Waals surface area (Å²) in [6.45, 7) is 11.8. The van der Waals surface area contributed by atoms with E-state index in [0.717, 1.165) is 49.8 Å². The van der Waals surface area contributed by atoms with Gasteiger partial charge in [0.2, 0.25) is 0 Å². The Morgan fingerprint density at radius 2 is 2.03 bits per heavy atom. The van der Waals surface area contributed by atoms with Crippen LogP contribution in [0.2, 0.25) is 0 Å². The van der Waals surface area contributed by atoms with E-state index >= 15 is 0 Å². The third-order valence-electron chi connectivity index (χ3n) is 5.46. The van der Waals surface area contributed by atoms with Crippen molar-refractivity contribution < 1.29 is 4.39 Å². The van der Waals surface area contributed by atoms with Gasteiger partial charge in [-0.3, -0.25) is 0 Å². The van der Waals surface area contributed by atoms with Crippen LogP contribution in [0.25, 0.3) is 5.69 Å². The van der Waals surface area contributed by atoms with E-state index in [4.69, 9.17) is 0 Å². The van der Waals surface area contributed by atoms with Crippen LogP contribution in [0.15, 0.2) is 35.6 Å². The second-order valence-electron chi connectivity index (χ2n) is 7.87. The number of hydrogen-bond donors (Lipinski definition) is 2. The van der Waals surface area contributed by atoms with Gasteiger partial charge in [-0.15, -0.1) is 24.0 Å². The van der Waals surface area contributed by atoms with E-state index < -0.39 is 0 Å². The number of nitrogens with zero attached hydrogens (tertiary/aromatic N) is 4. The summed E-state index contributed by atoms with van der Waals surface area (Å²) in [4.78, 5) is 11.3. The first-order chi connectivity index (χ1) is 14.0. The van der Waals surface area contributed by atoms with Crippen LogP contribution in [0.3, 0.4) is 0 Å². The average Bonchev–Trinajstić information content (AvgIpc) is 3.12. The molecule has 0 saturated carbocycles. The van der Waals surface area contributed by atoms with Gasteiger partial charge in [0.1, 0.15) is 11.6 Å². The van der Waals surface area contributed by atoms with Gasteiger partial charge in [0.05, 0.1) is 12.2 Å². The van der Waals surface area contributed by atoms with Gasteiger partial charge in [0, 0.05) is 44.1 Å². The van der Waals surface area contributed by atoms with Crippen molar-refractivity contribution in [3.63, 3.8) is 0 Å². The summed E-state index contributed by atoms with van der Waals surface area (Å²) < 4.78 is 16.4. The fourth-order valence-electron chi connectivity index (χ4n) is 3.72. The molecule has 0 spiro atoms. The van der Waals surface area contributed by atoms with Crippen LogP contribution >= 0.6 is 24.0 Å². The number of benzene rings is 1. The highest BCUT2D eigenvalue weighted by molar-refractivity contribution is 14.0. The molecule has 1 saturated heterocycles. The van der Waals surface area contributed by atoms with Crippen molar-refractivity contribution in [3.8, 4) is 5.69 Å². The first-order valence-electron chi connectivity index (χ1n) is 10.6. The normalized spacial score (nSPS) is 15.9. The summed E-state index contributed by atoms with van der Waals surface area (Å²) in [7, 11) is 0. The second-order valence-corrected chi connectivity index (χ2v) is 7.87. The van der Waals surface area contributed by atoms with Crippen molar-refractivity contribution in [2.75, 3.05) is 19.6 Å². The predicted molar refractivity (Wildman–Crippen MR) is 131 cm³/mol. The summed E-state index contributed by atoms with van der Waals surface area (Å²) in [5.41, 5.74) is 1.35. The Balaban J connectivity index is 0.00000320. The Morgan fingerprint density at radius 3 is 2.60 bits per heavy atom. The van der Waals surface area contributed by atoms with Gasteiger partial charge in [-0.25, -0.2) is 14.4 Å². The number of aromatic nitrogens is 2. The molecule has 30 heavy (non-hydrogen) atoms. The van der Waals surface area contributed by atoms with Crippen LogP contribution in [0.5, 0.6) is 0 Å². The van der Waals surface area contributed by atoms with Gasteiger partial charge in [-0.2, -0.15) is 0 Å². The summed E-state index contributed by atoms with van der Waals surface area (Å²) in [5, 5.41) is 6.86. The van der Waals surface area contributed by atoms with E-state index in [1.807, 2.05) is 13.0 Å². The van der Waals surface area contributed by atoms with E-state index in [9.17, 15) is 4.39 Å². The zero-order valence-corrected chi connectivity index (χ0v) is 20.7. The molecule has 0 radical (unpaired) electrons. The number of guanidine groups is 1. The number of aryl methyl sites for hydroxylation is 1. The lowest BCUT2D eigenvalue weighted by molar-refractivity contribution is 0.167. The Morgan fingerprint density at radius 1 is 1.30 bits per heavy atom. The van der Waals surface area contributed by atoms with Gasteiger partial charge < -0.3 is 20.1 Å². The molecule has 1 aromatic heterocycles. The average molecular weight is 528 g/mol. The minimum Gasteiger partial charge on any atom is -0.357 e. The molecule has 1 aromatic carbocycles. The molecule has 2 aromatic rings. The molecular weight excluding hydrogens is 494 g/mol. The summed E-state index contributed by atoms with van der Waals surface area (Å²) in [6, 6.07) is 6.29. The molecule has 6 nitrogen and oxygen atoms in total. The second kappa shape index (κ2) is 11.6. The van der Waals surface area contributed by atoms with Gasteiger partial charge in [0.15, 0.2) is 5.96 Å². The van der Waals surface area contributed by atoms with Crippen LogP contribution < -0.4 is 10.6 Å². The third-order valence-corrected chi connectivity index (χ3v) is 5.46. The monoisotopic (exact) mass is 528 g/mol. The molecule has 3 rings (SSSR count). The lowest BCUT2D eigenvalue weighted by Gasteiger charge is -2.35. The Kier molecular flexibility index (Phi) is 9.54. The van der Waals surface area contributed by atoms with Crippen LogP contribution in [-0.2, 0) is 6.54 Å². The number of likely N-dealkylation sites (tertiary alicyclic amines) is 1. The van der Waals surface area contributed by atoms with Gasteiger partial charge >= 0.3 is 0 Å². The van der Waals surface area contributed by atoms with Crippen LogP contribution in [-0.4, -0.2) is 52.1 Å². The van der Waals surface area contributed by atoms with Crippen molar-refractivity contribution in [1.29, 1.82) is 0 Å². The minimum atomic E-state index is -0.266. The summed E-state index contributed by atoms with van der Waals surface area (Å²) in [6.07, 6.45) is 5.66. The molecule has 1 aliphatic rings. The lowest BCUT2D eigenvalue weighted by atomic mass is 10.0. The number of imidazole rings is 1. The molecule has 8 heteroatoms. The SMILES string of the molecule is CCNC(=NCc1ccc(-n2ccnc2C)c(F)c1)NC1CCN(C(C)C)CC1.I. The largest absolute Gasteiger partial charge is 0.357 e. The third kappa shape index (κ3) is 6.41. The maximum Gasteiger partial charge on any atom is 0.191 e. The highest BCUT2D eigenvalue weighted by Crippen LogP contribution is 2.17. The van der Waals surface area contributed by atoms with Gasteiger partial charge in [0.25, 0.3) is 0 Å². The van der Waals surface area contributed by atoms with E-state index in [0.29, 0.717) is 24.3 Å². The van der Waals surface area contributed by atoms with Crippen molar-refractivity contribution >= 4 is 29.9 Å². The molecule has 2 heterocycles. The fourth-order valence-corrected chi connectivity index (χ4v) is 3.72. The molecule has 0 bridgehead atoms. The predicted octanol–water partition coefficient (Wildman–Crippen LogP) is 3.87. The molecular formula is C22H34FIN6. The van der Waals surface area contributed by atoms with E-state index in [1.54, 1.807) is 29.1 Å². The Bertz CT molecular complexity index is 827. The van der Waals surface area contributed by atoms with Crippen LogP contribution in [0, 0.1) is 12.7 Å².